The lowest BCUT2D eigenvalue weighted by Gasteiger charge is -2.08. The predicted octanol–water partition coefficient (Wildman–Crippen LogP) is 1.21. The third-order valence-electron chi connectivity index (χ3n) is 2.12. The minimum Gasteiger partial charge on any atom is -0.459 e. The van der Waals surface area contributed by atoms with Gasteiger partial charge in [0.25, 0.3) is 5.22 Å². The van der Waals surface area contributed by atoms with Gasteiger partial charge < -0.3 is 14.1 Å². The maximum absolute atomic E-state index is 11.3. The van der Waals surface area contributed by atoms with Crippen molar-refractivity contribution >= 4 is 23.6 Å². The quantitative estimate of drug-likeness (QED) is 0.423. The maximum Gasteiger partial charge on any atom is 0.396 e. The fourth-order valence-corrected chi connectivity index (χ4v) is 1.85. The van der Waals surface area contributed by atoms with E-state index in [4.69, 9.17) is 9.15 Å². The molecule has 0 bridgehead atoms. The lowest BCUT2D eigenvalue weighted by molar-refractivity contribution is -0.128. The summed E-state index contributed by atoms with van der Waals surface area (Å²) in [4.78, 5) is 24.1. The molecule has 0 radical (unpaired) electrons. The van der Waals surface area contributed by atoms with Crippen LogP contribution in [0.4, 0.5) is 0 Å². The fraction of sp³-hybridized carbons (Fsp3) is 0.636. The molecule has 7 nitrogen and oxygen atoms in total. The van der Waals surface area contributed by atoms with Crippen LogP contribution in [0.2, 0.25) is 0 Å². The largest absolute Gasteiger partial charge is 0.459 e. The highest BCUT2D eigenvalue weighted by atomic mass is 32.2. The maximum atomic E-state index is 11.3. The summed E-state index contributed by atoms with van der Waals surface area (Å²) >= 11 is 1.31. The van der Waals surface area contributed by atoms with Crippen LogP contribution in [0.25, 0.3) is 0 Å². The summed E-state index contributed by atoms with van der Waals surface area (Å²) in [6.45, 7) is 1.96. The van der Waals surface area contributed by atoms with Gasteiger partial charge in [0.05, 0.1) is 6.61 Å². The van der Waals surface area contributed by atoms with Gasteiger partial charge in [-0.3, -0.25) is 4.79 Å². The molecule has 0 atom stereocenters. The molecule has 106 valence electrons. The molecule has 19 heavy (non-hydrogen) atoms. The summed E-state index contributed by atoms with van der Waals surface area (Å²) in [6, 6.07) is 0. The van der Waals surface area contributed by atoms with Crippen LogP contribution < -0.4 is 0 Å². The molecular weight excluding hydrogens is 270 g/mol. The summed E-state index contributed by atoms with van der Waals surface area (Å²) < 4.78 is 9.85. The van der Waals surface area contributed by atoms with Gasteiger partial charge in [-0.1, -0.05) is 16.9 Å². The van der Waals surface area contributed by atoms with Crippen LogP contribution in [-0.4, -0.2) is 53.4 Å². The van der Waals surface area contributed by atoms with Crippen molar-refractivity contribution in [1.82, 2.24) is 15.1 Å². The van der Waals surface area contributed by atoms with Crippen LogP contribution in [-0.2, 0) is 9.53 Å². The Labute approximate surface area is 115 Å². The first-order chi connectivity index (χ1) is 9.04. The fourth-order valence-electron chi connectivity index (χ4n) is 1.15. The average Bonchev–Trinajstić information content (AvgIpc) is 2.83. The van der Waals surface area contributed by atoms with Crippen LogP contribution >= 0.6 is 11.8 Å². The molecule has 0 aromatic carbocycles. The van der Waals surface area contributed by atoms with Gasteiger partial charge in [0.15, 0.2) is 0 Å². The third kappa shape index (κ3) is 5.29. The summed E-state index contributed by atoms with van der Waals surface area (Å²) in [5.41, 5.74) is 0. The highest BCUT2D eigenvalue weighted by molar-refractivity contribution is 7.99. The number of esters is 1. The topological polar surface area (TPSA) is 85.5 Å². The first-order valence-corrected chi connectivity index (χ1v) is 6.86. The van der Waals surface area contributed by atoms with E-state index in [-0.39, 0.29) is 18.4 Å². The average molecular weight is 287 g/mol. The number of thioether (sulfide) groups is 1. The Morgan fingerprint density at radius 3 is 2.74 bits per heavy atom. The van der Waals surface area contributed by atoms with E-state index >= 15 is 0 Å². The van der Waals surface area contributed by atoms with Gasteiger partial charge in [-0.2, -0.15) is 0 Å². The molecule has 8 heteroatoms. The highest BCUT2D eigenvalue weighted by Crippen LogP contribution is 2.18. The van der Waals surface area contributed by atoms with E-state index in [2.05, 4.69) is 10.2 Å². The number of amides is 1. The zero-order chi connectivity index (χ0) is 14.3. The van der Waals surface area contributed by atoms with Crippen LogP contribution in [0.15, 0.2) is 9.64 Å². The van der Waals surface area contributed by atoms with Gasteiger partial charge in [0.2, 0.25) is 5.91 Å². The van der Waals surface area contributed by atoms with Crippen molar-refractivity contribution in [1.29, 1.82) is 0 Å². The molecule has 0 aliphatic rings. The Balaban J connectivity index is 2.31. The molecule has 0 saturated carbocycles. The van der Waals surface area contributed by atoms with Gasteiger partial charge in [0, 0.05) is 26.3 Å². The Kier molecular flexibility index (Phi) is 6.34. The summed E-state index contributed by atoms with van der Waals surface area (Å²) in [6.07, 6.45) is 1.18. The summed E-state index contributed by atoms with van der Waals surface area (Å²) in [5, 5.41) is 7.62. The van der Waals surface area contributed by atoms with Crippen molar-refractivity contribution in [2.45, 2.75) is 25.0 Å². The summed E-state index contributed by atoms with van der Waals surface area (Å²) in [5.74, 6) is -0.0129. The van der Waals surface area contributed by atoms with E-state index in [1.54, 1.807) is 25.9 Å². The molecule has 0 aliphatic carbocycles. The van der Waals surface area contributed by atoms with Crippen LogP contribution in [0.1, 0.15) is 30.5 Å². The summed E-state index contributed by atoms with van der Waals surface area (Å²) in [7, 11) is 3.44. The van der Waals surface area contributed by atoms with E-state index in [0.717, 1.165) is 0 Å². The molecule has 0 saturated heterocycles. The predicted molar refractivity (Wildman–Crippen MR) is 68.9 cm³/mol. The minimum atomic E-state index is -0.621. The monoisotopic (exact) mass is 287 g/mol. The molecule has 1 amide bonds. The van der Waals surface area contributed by atoms with Gasteiger partial charge in [0.1, 0.15) is 0 Å². The first-order valence-electron chi connectivity index (χ1n) is 5.88. The van der Waals surface area contributed by atoms with Crippen molar-refractivity contribution < 1.29 is 18.7 Å². The molecule has 1 heterocycles. The van der Waals surface area contributed by atoms with Crippen molar-refractivity contribution in [3.8, 4) is 0 Å². The molecule has 0 aliphatic heterocycles. The van der Waals surface area contributed by atoms with Crippen molar-refractivity contribution in [3.63, 3.8) is 0 Å². The second-order valence-corrected chi connectivity index (χ2v) is 4.88. The van der Waals surface area contributed by atoms with Gasteiger partial charge in [-0.25, -0.2) is 4.79 Å². The minimum absolute atomic E-state index is 0.0818. The van der Waals surface area contributed by atoms with Crippen LogP contribution in [0.5, 0.6) is 0 Å². The van der Waals surface area contributed by atoms with Crippen molar-refractivity contribution in [2.24, 2.45) is 0 Å². The second-order valence-electron chi connectivity index (χ2n) is 3.83. The smallest absolute Gasteiger partial charge is 0.396 e. The molecule has 0 fully saturated rings. The third-order valence-corrected chi connectivity index (χ3v) is 3.02. The Bertz CT molecular complexity index is 433. The molecule has 0 N–H and O–H groups in total. The zero-order valence-corrected chi connectivity index (χ0v) is 12.0. The molecular formula is C11H17N3O4S. The van der Waals surface area contributed by atoms with Crippen molar-refractivity contribution in [2.75, 3.05) is 26.5 Å². The number of hydrogen-bond donors (Lipinski definition) is 0. The van der Waals surface area contributed by atoms with E-state index in [0.29, 0.717) is 23.8 Å². The molecule has 1 rings (SSSR count). The van der Waals surface area contributed by atoms with E-state index in [9.17, 15) is 9.59 Å². The Morgan fingerprint density at radius 2 is 2.11 bits per heavy atom. The SMILES string of the molecule is CCOC(=O)c1nnc(SCCCC(=O)N(C)C)o1. The lowest BCUT2D eigenvalue weighted by atomic mass is 10.3. The van der Waals surface area contributed by atoms with Crippen LogP contribution in [0.3, 0.4) is 0 Å². The molecule has 1 aromatic heterocycles. The van der Waals surface area contributed by atoms with E-state index in [1.165, 1.54) is 11.8 Å². The molecule has 1 aromatic rings. The lowest BCUT2D eigenvalue weighted by Crippen LogP contribution is -2.21. The number of carbonyl (C=O) groups excluding carboxylic acids is 2. The van der Waals surface area contributed by atoms with Gasteiger partial charge in [-0.15, -0.1) is 5.10 Å². The standard InChI is InChI=1S/C11H17N3O4S/c1-4-17-10(16)9-12-13-11(18-9)19-7-5-6-8(15)14(2)3/h4-7H2,1-3H3. The van der Waals surface area contributed by atoms with E-state index in [1.807, 2.05) is 0 Å². The highest BCUT2D eigenvalue weighted by Gasteiger charge is 2.16. The zero-order valence-electron chi connectivity index (χ0n) is 11.2. The normalized spacial score (nSPS) is 10.3. The van der Waals surface area contributed by atoms with Gasteiger partial charge >= 0.3 is 11.9 Å². The number of hydrogen-bond acceptors (Lipinski definition) is 7. The Morgan fingerprint density at radius 1 is 1.37 bits per heavy atom. The Hall–Kier alpha value is -1.57. The number of rotatable bonds is 7. The van der Waals surface area contributed by atoms with Crippen molar-refractivity contribution in [3.05, 3.63) is 5.89 Å². The van der Waals surface area contributed by atoms with Crippen LogP contribution in [0, 0.1) is 0 Å². The number of nitrogens with zero attached hydrogens (tertiary/aromatic N) is 3. The molecule has 0 spiro atoms. The number of aromatic nitrogens is 2. The number of carbonyl (C=O) groups is 2. The van der Waals surface area contributed by atoms with E-state index < -0.39 is 5.97 Å². The van der Waals surface area contributed by atoms with Gasteiger partial charge in [-0.05, 0) is 13.3 Å². The first kappa shape index (κ1) is 15.5. The second kappa shape index (κ2) is 7.78. The molecule has 0 unspecified atom stereocenters. The number of ether oxygens (including phenoxy) is 1.